The van der Waals surface area contributed by atoms with Gasteiger partial charge in [0.15, 0.2) is 0 Å². The number of anilines is 1. The number of benzene rings is 2. The first-order valence-electron chi connectivity index (χ1n) is 9.46. The van der Waals surface area contributed by atoms with Crippen LogP contribution < -0.4 is 10.0 Å². The van der Waals surface area contributed by atoms with Gasteiger partial charge in [0, 0.05) is 23.5 Å². The third-order valence-corrected chi connectivity index (χ3v) is 9.15. The predicted octanol–water partition coefficient (Wildman–Crippen LogP) is 4.27. The van der Waals surface area contributed by atoms with Gasteiger partial charge in [-0.3, -0.25) is 4.31 Å². The molecule has 0 radical (unpaired) electrons. The summed E-state index contributed by atoms with van der Waals surface area (Å²) in [6.45, 7) is 0. The highest BCUT2D eigenvalue weighted by Crippen LogP contribution is 2.68. The van der Waals surface area contributed by atoms with Crippen molar-refractivity contribution in [3.63, 3.8) is 0 Å². The molecule has 1 heterocycles. The van der Waals surface area contributed by atoms with Gasteiger partial charge in [0.2, 0.25) is 0 Å². The van der Waals surface area contributed by atoms with Gasteiger partial charge in [-0.1, -0.05) is 42.3 Å². The van der Waals surface area contributed by atoms with Crippen LogP contribution >= 0.6 is 11.6 Å². The van der Waals surface area contributed by atoms with E-state index in [4.69, 9.17) is 17.3 Å². The van der Waals surface area contributed by atoms with Gasteiger partial charge in [-0.25, -0.2) is 8.42 Å². The zero-order valence-corrected chi connectivity index (χ0v) is 16.9. The quantitative estimate of drug-likeness (QED) is 0.815. The lowest BCUT2D eigenvalue weighted by molar-refractivity contribution is 0.0582. The smallest absolute Gasteiger partial charge is 0.264 e. The number of hydrogen-bond donors (Lipinski definition) is 1. The van der Waals surface area contributed by atoms with Crippen LogP contribution in [0.1, 0.15) is 49.1 Å². The van der Waals surface area contributed by atoms with E-state index >= 15 is 0 Å². The molecule has 2 aromatic rings. The highest BCUT2D eigenvalue weighted by Gasteiger charge is 2.64. The Labute approximate surface area is 165 Å². The normalized spacial score (nSPS) is 26.3. The highest BCUT2D eigenvalue weighted by atomic mass is 35.5. The van der Waals surface area contributed by atoms with Gasteiger partial charge >= 0.3 is 0 Å². The SMILES string of the molecule is CN1c2ccccc2C(C2(C3(N)CC3)CCC2)c2ccc(Cl)cc2S1(=O)=O. The lowest BCUT2D eigenvalue weighted by Gasteiger charge is -2.53. The Bertz CT molecular complexity index is 1040. The summed E-state index contributed by atoms with van der Waals surface area (Å²) >= 11 is 6.22. The fourth-order valence-electron chi connectivity index (χ4n) is 5.29. The van der Waals surface area contributed by atoms with Gasteiger partial charge < -0.3 is 5.73 Å². The second kappa shape index (κ2) is 5.49. The molecule has 142 valence electrons. The maximum absolute atomic E-state index is 13.4. The molecule has 2 aliphatic carbocycles. The Morgan fingerprint density at radius 3 is 2.41 bits per heavy atom. The van der Waals surface area contributed by atoms with E-state index in [1.807, 2.05) is 24.3 Å². The Morgan fingerprint density at radius 2 is 1.78 bits per heavy atom. The van der Waals surface area contributed by atoms with Crippen molar-refractivity contribution in [2.75, 3.05) is 11.4 Å². The first kappa shape index (κ1) is 17.5. The molecule has 2 fully saturated rings. The molecule has 1 atom stereocenters. The van der Waals surface area contributed by atoms with Crippen molar-refractivity contribution < 1.29 is 8.42 Å². The van der Waals surface area contributed by atoms with Gasteiger partial charge in [0.1, 0.15) is 0 Å². The Hall–Kier alpha value is -1.56. The lowest BCUT2D eigenvalue weighted by Crippen LogP contribution is -2.53. The molecule has 5 rings (SSSR count). The Morgan fingerprint density at radius 1 is 1.07 bits per heavy atom. The van der Waals surface area contributed by atoms with Crippen molar-refractivity contribution in [2.45, 2.75) is 48.5 Å². The predicted molar refractivity (Wildman–Crippen MR) is 108 cm³/mol. The summed E-state index contributed by atoms with van der Waals surface area (Å²) < 4.78 is 28.2. The van der Waals surface area contributed by atoms with Crippen LogP contribution in [0.3, 0.4) is 0 Å². The maximum atomic E-state index is 13.4. The topological polar surface area (TPSA) is 63.4 Å². The summed E-state index contributed by atoms with van der Waals surface area (Å²) in [6, 6.07) is 13.2. The Kier molecular flexibility index (Phi) is 3.57. The summed E-state index contributed by atoms with van der Waals surface area (Å²) in [5, 5.41) is 0.437. The van der Waals surface area contributed by atoms with Crippen molar-refractivity contribution in [1.29, 1.82) is 0 Å². The summed E-state index contributed by atoms with van der Waals surface area (Å²) in [6.07, 6.45) is 5.24. The average Bonchev–Trinajstić information content (AvgIpc) is 3.36. The Balaban J connectivity index is 1.87. The fraction of sp³-hybridized carbons (Fsp3) is 0.429. The van der Waals surface area contributed by atoms with Crippen LogP contribution in [0, 0.1) is 5.41 Å². The number of para-hydroxylation sites is 1. The number of rotatable bonds is 2. The van der Waals surface area contributed by atoms with E-state index in [0.29, 0.717) is 9.92 Å². The van der Waals surface area contributed by atoms with E-state index in [0.717, 1.165) is 48.9 Å². The number of halogens is 1. The van der Waals surface area contributed by atoms with E-state index in [1.165, 1.54) is 4.31 Å². The average molecular weight is 403 g/mol. The molecule has 6 heteroatoms. The molecule has 0 spiro atoms. The molecule has 2 saturated carbocycles. The molecule has 0 saturated heterocycles. The molecule has 1 aliphatic heterocycles. The third kappa shape index (κ3) is 2.22. The number of hydrogen-bond acceptors (Lipinski definition) is 3. The number of nitrogens with zero attached hydrogens (tertiary/aromatic N) is 1. The lowest BCUT2D eigenvalue weighted by atomic mass is 9.52. The fourth-order valence-corrected chi connectivity index (χ4v) is 7.01. The molecule has 0 bridgehead atoms. The first-order valence-corrected chi connectivity index (χ1v) is 11.3. The van der Waals surface area contributed by atoms with Crippen molar-refractivity contribution >= 4 is 27.3 Å². The van der Waals surface area contributed by atoms with E-state index < -0.39 is 10.0 Å². The van der Waals surface area contributed by atoms with Crippen LogP contribution in [0.2, 0.25) is 5.02 Å². The van der Waals surface area contributed by atoms with Gasteiger partial charge in [-0.05, 0) is 60.4 Å². The summed E-state index contributed by atoms with van der Waals surface area (Å²) in [4.78, 5) is 0.314. The minimum absolute atomic E-state index is 0.0399. The van der Waals surface area contributed by atoms with Crippen LogP contribution in [0.25, 0.3) is 0 Å². The van der Waals surface area contributed by atoms with Gasteiger partial charge in [-0.2, -0.15) is 0 Å². The number of nitrogens with two attached hydrogens (primary N) is 1. The van der Waals surface area contributed by atoms with Gasteiger partial charge in [0.05, 0.1) is 10.6 Å². The van der Waals surface area contributed by atoms with Crippen molar-refractivity contribution in [3.8, 4) is 0 Å². The van der Waals surface area contributed by atoms with E-state index in [-0.39, 0.29) is 16.9 Å². The minimum atomic E-state index is -3.69. The molecular weight excluding hydrogens is 380 g/mol. The standard InChI is InChI=1S/C21H23ClN2O2S/c1-24-17-6-3-2-5-15(17)19(20(9-4-10-20)21(23)11-12-21)16-8-7-14(22)13-18(16)27(24,25)26/h2-3,5-8,13,19H,4,9-12,23H2,1H3. The first-order chi connectivity index (χ1) is 12.8. The highest BCUT2D eigenvalue weighted by molar-refractivity contribution is 7.92. The molecule has 27 heavy (non-hydrogen) atoms. The monoisotopic (exact) mass is 402 g/mol. The van der Waals surface area contributed by atoms with Gasteiger partial charge in [-0.15, -0.1) is 0 Å². The number of fused-ring (bicyclic) bond motifs is 2. The van der Waals surface area contributed by atoms with E-state index in [9.17, 15) is 8.42 Å². The molecule has 1 unspecified atom stereocenters. The van der Waals surface area contributed by atoms with Crippen molar-refractivity contribution in [2.24, 2.45) is 11.1 Å². The van der Waals surface area contributed by atoms with Crippen LogP contribution in [0.4, 0.5) is 5.69 Å². The summed E-state index contributed by atoms with van der Waals surface area (Å²) in [5.74, 6) is -0.0399. The van der Waals surface area contributed by atoms with Crippen molar-refractivity contribution in [3.05, 3.63) is 58.6 Å². The zero-order valence-electron chi connectivity index (χ0n) is 15.3. The number of sulfonamides is 1. The molecule has 0 aromatic heterocycles. The zero-order chi connectivity index (χ0) is 19.0. The van der Waals surface area contributed by atoms with Crippen LogP contribution in [-0.2, 0) is 10.0 Å². The van der Waals surface area contributed by atoms with Gasteiger partial charge in [0.25, 0.3) is 10.0 Å². The van der Waals surface area contributed by atoms with E-state index in [2.05, 4.69) is 6.07 Å². The minimum Gasteiger partial charge on any atom is -0.325 e. The second-order valence-electron chi connectivity index (χ2n) is 8.31. The van der Waals surface area contributed by atoms with Crippen LogP contribution in [-0.4, -0.2) is 21.0 Å². The molecule has 2 N–H and O–H groups in total. The molecule has 2 aromatic carbocycles. The summed E-state index contributed by atoms with van der Waals surface area (Å²) in [7, 11) is -2.06. The van der Waals surface area contributed by atoms with E-state index in [1.54, 1.807) is 19.2 Å². The van der Waals surface area contributed by atoms with Crippen molar-refractivity contribution in [1.82, 2.24) is 0 Å². The molecule has 0 amide bonds. The third-order valence-electron chi connectivity index (χ3n) is 7.09. The molecule has 4 nitrogen and oxygen atoms in total. The van der Waals surface area contributed by atoms with Crippen LogP contribution in [0.5, 0.6) is 0 Å². The molecule has 3 aliphatic rings. The maximum Gasteiger partial charge on any atom is 0.264 e. The van der Waals surface area contributed by atoms with Crippen LogP contribution in [0.15, 0.2) is 47.4 Å². The largest absolute Gasteiger partial charge is 0.325 e. The summed E-state index contributed by atoms with van der Waals surface area (Å²) in [5.41, 5.74) is 9.17. The second-order valence-corrected chi connectivity index (χ2v) is 10.7. The molecular formula is C21H23ClN2O2S.